The van der Waals surface area contributed by atoms with E-state index < -0.39 is 5.97 Å². The molecule has 0 bridgehead atoms. The van der Waals surface area contributed by atoms with Crippen LogP contribution >= 0.6 is 0 Å². The zero-order chi connectivity index (χ0) is 19.4. The van der Waals surface area contributed by atoms with Crippen molar-refractivity contribution in [2.45, 2.75) is 85.0 Å². The third kappa shape index (κ3) is 5.10. The van der Waals surface area contributed by atoms with Crippen molar-refractivity contribution in [2.75, 3.05) is 0 Å². The van der Waals surface area contributed by atoms with Crippen LogP contribution in [-0.4, -0.2) is 11.1 Å². The molecule has 0 aliphatic rings. The summed E-state index contributed by atoms with van der Waals surface area (Å²) in [6.07, 6.45) is 3.89. The second kappa shape index (κ2) is 8.07. The highest BCUT2D eigenvalue weighted by atomic mass is 16.5. The summed E-state index contributed by atoms with van der Waals surface area (Å²) < 4.78 is 5.51. The summed E-state index contributed by atoms with van der Waals surface area (Å²) in [5.41, 5.74) is 1.61. The van der Waals surface area contributed by atoms with Crippen molar-refractivity contribution >= 4 is 5.97 Å². The maximum atomic E-state index is 12.0. The summed E-state index contributed by atoms with van der Waals surface area (Å²) in [7, 11) is 0. The molecule has 0 atom stereocenters. The number of hydrogen-bond acceptors (Lipinski definition) is 3. The molecule has 0 saturated heterocycles. The molecule has 1 aromatic rings. The Morgan fingerprint density at radius 1 is 1.04 bits per heavy atom. The highest BCUT2D eigenvalue weighted by Gasteiger charge is 2.31. The van der Waals surface area contributed by atoms with Gasteiger partial charge in [0, 0.05) is 16.7 Å². The predicted octanol–water partition coefficient (Wildman–Crippen LogP) is 6.03. The van der Waals surface area contributed by atoms with Gasteiger partial charge in [0.25, 0.3) is 0 Å². The maximum absolute atomic E-state index is 12.0. The molecule has 0 fully saturated rings. The number of carbonyl (C=O) groups excluding carboxylic acids is 1. The Morgan fingerprint density at radius 3 is 1.76 bits per heavy atom. The third-order valence-electron chi connectivity index (χ3n) is 4.85. The van der Waals surface area contributed by atoms with E-state index in [2.05, 4.69) is 48.1 Å². The van der Waals surface area contributed by atoms with Crippen molar-refractivity contribution in [1.82, 2.24) is 0 Å². The van der Waals surface area contributed by atoms with Gasteiger partial charge in [-0.1, -0.05) is 61.0 Å². The van der Waals surface area contributed by atoms with Gasteiger partial charge in [-0.05, 0) is 42.7 Å². The molecular weight excluding hydrogens is 312 g/mol. The van der Waals surface area contributed by atoms with Crippen molar-refractivity contribution in [2.24, 2.45) is 0 Å². The highest BCUT2D eigenvalue weighted by Crippen LogP contribution is 2.44. The van der Waals surface area contributed by atoms with Gasteiger partial charge >= 0.3 is 5.97 Å². The fourth-order valence-electron chi connectivity index (χ4n) is 3.41. The van der Waals surface area contributed by atoms with E-state index >= 15 is 0 Å². The van der Waals surface area contributed by atoms with E-state index in [-0.39, 0.29) is 10.8 Å². The number of aromatic hydroxyl groups is 1. The summed E-state index contributed by atoms with van der Waals surface area (Å²) in [5.74, 6) is 0.361. The van der Waals surface area contributed by atoms with Crippen LogP contribution < -0.4 is 4.74 Å². The number of hydrogen-bond donors (Lipinski definition) is 1. The first-order chi connectivity index (χ1) is 11.5. The Morgan fingerprint density at radius 2 is 1.44 bits per heavy atom. The average molecular weight is 347 g/mol. The first-order valence-electron chi connectivity index (χ1n) is 9.22. The molecule has 0 radical (unpaired) electrons. The average Bonchev–Trinajstić information content (AvgIpc) is 2.48. The second-order valence-electron chi connectivity index (χ2n) is 8.30. The third-order valence-corrected chi connectivity index (χ3v) is 4.85. The molecule has 1 rings (SSSR count). The molecule has 0 aliphatic heterocycles. The van der Waals surface area contributed by atoms with E-state index in [1.54, 1.807) is 19.1 Å². The minimum Gasteiger partial charge on any atom is -0.507 e. The van der Waals surface area contributed by atoms with Crippen LogP contribution in [0.25, 0.3) is 0 Å². The van der Waals surface area contributed by atoms with Crippen LogP contribution in [0.4, 0.5) is 0 Å². The van der Waals surface area contributed by atoms with Gasteiger partial charge in [0.15, 0.2) is 0 Å². The largest absolute Gasteiger partial charge is 0.507 e. The molecule has 140 valence electrons. The van der Waals surface area contributed by atoms with Gasteiger partial charge in [0.05, 0.1) is 0 Å². The molecular formula is C22H34O3. The van der Waals surface area contributed by atoms with E-state index in [0.29, 0.717) is 17.1 Å². The Hall–Kier alpha value is -1.77. The van der Waals surface area contributed by atoms with E-state index in [4.69, 9.17) is 4.74 Å². The zero-order valence-electron chi connectivity index (χ0n) is 17.0. The Kier molecular flexibility index (Phi) is 6.87. The van der Waals surface area contributed by atoms with Gasteiger partial charge in [-0.3, -0.25) is 0 Å². The smallest absolute Gasteiger partial charge is 0.338 e. The normalized spacial score (nSPS) is 12.1. The van der Waals surface area contributed by atoms with Gasteiger partial charge in [0.1, 0.15) is 11.5 Å². The highest BCUT2D eigenvalue weighted by molar-refractivity contribution is 5.88. The van der Waals surface area contributed by atoms with Crippen molar-refractivity contribution in [3.05, 3.63) is 35.4 Å². The number of carbonyl (C=O) groups is 1. The number of phenolic OH excluding ortho intramolecular Hbond substituents is 1. The molecule has 0 spiro atoms. The van der Waals surface area contributed by atoms with Crippen molar-refractivity contribution in [3.8, 4) is 11.5 Å². The molecule has 0 saturated carbocycles. The second-order valence-corrected chi connectivity index (χ2v) is 8.30. The standard InChI is InChI=1S/C22H34O3/c1-9-11-21(5,6)17-13-16(25-20(24)15(3)4)14-18(19(17)23)22(7,8)12-10-2/h13-14,23H,3,9-12H2,1-2,4-8H3. The summed E-state index contributed by atoms with van der Waals surface area (Å²) in [4.78, 5) is 12.0. The number of phenols is 1. The van der Waals surface area contributed by atoms with Gasteiger partial charge in [-0.15, -0.1) is 0 Å². The molecule has 1 aromatic carbocycles. The van der Waals surface area contributed by atoms with Crippen LogP contribution in [0.1, 0.15) is 85.3 Å². The van der Waals surface area contributed by atoms with Crippen LogP contribution in [0.15, 0.2) is 24.3 Å². The Bertz CT molecular complexity index is 600. The Balaban J connectivity index is 3.55. The molecule has 0 aliphatic carbocycles. The van der Waals surface area contributed by atoms with Crippen molar-refractivity contribution in [3.63, 3.8) is 0 Å². The monoisotopic (exact) mass is 346 g/mol. The lowest BCUT2D eigenvalue weighted by Crippen LogP contribution is -2.22. The first-order valence-corrected chi connectivity index (χ1v) is 9.22. The van der Waals surface area contributed by atoms with Crippen molar-refractivity contribution < 1.29 is 14.6 Å². The van der Waals surface area contributed by atoms with Crippen LogP contribution in [-0.2, 0) is 15.6 Å². The fourth-order valence-corrected chi connectivity index (χ4v) is 3.41. The van der Waals surface area contributed by atoms with E-state index in [0.717, 1.165) is 36.8 Å². The molecule has 0 aromatic heterocycles. The lowest BCUT2D eigenvalue weighted by molar-refractivity contribution is -0.130. The topological polar surface area (TPSA) is 46.5 Å². The fraction of sp³-hybridized carbons (Fsp3) is 0.591. The minimum atomic E-state index is -0.441. The molecule has 1 N–H and O–H groups in total. The summed E-state index contributed by atoms with van der Waals surface area (Å²) >= 11 is 0. The van der Waals surface area contributed by atoms with E-state index in [1.807, 2.05) is 0 Å². The maximum Gasteiger partial charge on any atom is 0.338 e. The molecule has 0 heterocycles. The molecule has 25 heavy (non-hydrogen) atoms. The van der Waals surface area contributed by atoms with E-state index in [1.165, 1.54) is 0 Å². The van der Waals surface area contributed by atoms with Crippen LogP contribution in [0.3, 0.4) is 0 Å². The van der Waals surface area contributed by atoms with Crippen LogP contribution in [0.2, 0.25) is 0 Å². The number of rotatable bonds is 8. The van der Waals surface area contributed by atoms with Gasteiger partial charge in [-0.2, -0.15) is 0 Å². The number of benzene rings is 1. The quantitative estimate of drug-likeness (QED) is 0.355. The Labute approximate surface area is 153 Å². The van der Waals surface area contributed by atoms with Crippen LogP contribution in [0, 0.1) is 0 Å². The minimum absolute atomic E-state index is 0.207. The molecule has 0 amide bonds. The molecule has 3 nitrogen and oxygen atoms in total. The van der Waals surface area contributed by atoms with Gasteiger partial charge in [-0.25, -0.2) is 4.79 Å². The number of ether oxygens (including phenoxy) is 1. The SMILES string of the molecule is C=C(C)C(=O)Oc1cc(C(C)(C)CCC)c(O)c(C(C)(C)CCC)c1. The molecule has 0 unspecified atom stereocenters. The summed E-state index contributed by atoms with van der Waals surface area (Å²) in [6, 6.07) is 3.61. The van der Waals surface area contributed by atoms with Crippen LogP contribution in [0.5, 0.6) is 11.5 Å². The lowest BCUT2D eigenvalue weighted by atomic mass is 9.74. The van der Waals surface area contributed by atoms with E-state index in [9.17, 15) is 9.90 Å². The van der Waals surface area contributed by atoms with Gasteiger partial charge < -0.3 is 9.84 Å². The van der Waals surface area contributed by atoms with Gasteiger partial charge in [0.2, 0.25) is 0 Å². The van der Waals surface area contributed by atoms with Crippen molar-refractivity contribution in [1.29, 1.82) is 0 Å². The number of esters is 1. The first kappa shape index (κ1) is 21.3. The molecule has 3 heteroatoms. The summed E-state index contributed by atoms with van der Waals surface area (Å²) in [6.45, 7) is 18.0. The zero-order valence-corrected chi connectivity index (χ0v) is 17.0. The summed E-state index contributed by atoms with van der Waals surface area (Å²) in [5, 5.41) is 11.0. The lowest BCUT2D eigenvalue weighted by Gasteiger charge is -2.32. The predicted molar refractivity (Wildman–Crippen MR) is 104 cm³/mol.